The quantitative estimate of drug-likeness (QED) is 0.880. The van der Waals surface area contributed by atoms with E-state index in [4.69, 9.17) is 21.1 Å². The fourth-order valence-electron chi connectivity index (χ4n) is 2.78. The maximum atomic E-state index is 12.5. The van der Waals surface area contributed by atoms with Gasteiger partial charge in [0.25, 0.3) is 0 Å². The molecule has 0 saturated carbocycles. The lowest BCUT2D eigenvalue weighted by Crippen LogP contribution is -2.52. The fourth-order valence-corrected chi connectivity index (χ4v) is 3.01. The molecule has 2 rings (SSSR count). The molecule has 1 aromatic rings. The van der Waals surface area contributed by atoms with Crippen molar-refractivity contribution in [1.82, 2.24) is 9.80 Å². The van der Waals surface area contributed by atoms with Crippen molar-refractivity contribution in [3.8, 4) is 11.5 Å². The van der Waals surface area contributed by atoms with E-state index in [0.717, 1.165) is 19.5 Å². The number of ether oxygens (including phenoxy) is 2. The minimum Gasteiger partial charge on any atom is -0.495 e. The Bertz CT molecular complexity index is 574. The third-order valence-corrected chi connectivity index (χ3v) is 4.83. The van der Waals surface area contributed by atoms with E-state index >= 15 is 0 Å². The van der Waals surface area contributed by atoms with Crippen LogP contribution in [0.5, 0.6) is 11.5 Å². The van der Waals surface area contributed by atoms with Crippen LogP contribution in [0.3, 0.4) is 0 Å². The maximum absolute atomic E-state index is 12.5. The summed E-state index contributed by atoms with van der Waals surface area (Å²) in [4.78, 5) is 16.8. The second-order valence-electron chi connectivity index (χ2n) is 5.90. The fraction of sp³-hybridized carbons (Fsp3) is 0.588. The number of nitrogens with one attached hydrogen (secondary N) is 1. The minimum absolute atomic E-state index is 0.138. The molecule has 1 N–H and O–H groups in total. The SMILES string of the molecule is CCC(C)N1CCN(C(=O)Nc2cc(OC)c(Cl)cc2OC)CC1. The molecule has 2 amide bonds. The maximum Gasteiger partial charge on any atom is 0.322 e. The molecule has 0 spiro atoms. The summed E-state index contributed by atoms with van der Waals surface area (Å²) in [6, 6.07) is 3.73. The van der Waals surface area contributed by atoms with E-state index in [0.29, 0.717) is 41.3 Å². The Morgan fingerprint density at radius 3 is 2.38 bits per heavy atom. The Hall–Kier alpha value is -1.66. The molecule has 0 bridgehead atoms. The largest absolute Gasteiger partial charge is 0.495 e. The number of benzene rings is 1. The zero-order valence-corrected chi connectivity index (χ0v) is 15.5. The summed E-state index contributed by atoms with van der Waals surface area (Å²) in [5.41, 5.74) is 0.549. The molecule has 24 heavy (non-hydrogen) atoms. The second kappa shape index (κ2) is 8.44. The first-order valence-electron chi connectivity index (χ1n) is 8.21. The van der Waals surface area contributed by atoms with Gasteiger partial charge in [0, 0.05) is 44.4 Å². The van der Waals surface area contributed by atoms with E-state index < -0.39 is 0 Å². The molecule has 1 unspecified atom stereocenters. The summed E-state index contributed by atoms with van der Waals surface area (Å²) >= 11 is 6.09. The number of anilines is 1. The second-order valence-corrected chi connectivity index (χ2v) is 6.30. The zero-order valence-electron chi connectivity index (χ0n) is 14.8. The van der Waals surface area contributed by atoms with Gasteiger partial charge in [0.2, 0.25) is 0 Å². The standard InChI is InChI=1S/C17H26ClN3O3/c1-5-12(2)20-6-8-21(9-7-20)17(22)19-14-11-15(23-3)13(18)10-16(14)24-4/h10-12H,5-9H2,1-4H3,(H,19,22). The van der Waals surface area contributed by atoms with Crippen molar-refractivity contribution in [3.05, 3.63) is 17.2 Å². The molecule has 1 saturated heterocycles. The van der Waals surface area contributed by atoms with Crippen LogP contribution >= 0.6 is 11.6 Å². The number of hydrogen-bond donors (Lipinski definition) is 1. The average Bonchev–Trinajstić information content (AvgIpc) is 2.62. The first-order chi connectivity index (χ1) is 11.5. The van der Waals surface area contributed by atoms with Crippen LogP contribution < -0.4 is 14.8 Å². The predicted octanol–water partition coefficient (Wildman–Crippen LogP) is 3.31. The van der Waals surface area contributed by atoms with Crippen LogP contribution in [0.15, 0.2) is 12.1 Å². The van der Waals surface area contributed by atoms with Crippen LogP contribution in [-0.4, -0.2) is 62.3 Å². The lowest BCUT2D eigenvalue weighted by atomic mass is 10.2. The van der Waals surface area contributed by atoms with Crippen molar-refractivity contribution < 1.29 is 14.3 Å². The van der Waals surface area contributed by atoms with Gasteiger partial charge in [-0.2, -0.15) is 0 Å². The summed E-state index contributed by atoms with van der Waals surface area (Å²) in [7, 11) is 3.08. The topological polar surface area (TPSA) is 54.0 Å². The first kappa shape index (κ1) is 18.7. The van der Waals surface area contributed by atoms with Crippen LogP contribution in [0.4, 0.5) is 10.5 Å². The van der Waals surface area contributed by atoms with E-state index in [9.17, 15) is 4.79 Å². The van der Waals surface area contributed by atoms with E-state index in [1.54, 1.807) is 19.2 Å². The smallest absolute Gasteiger partial charge is 0.322 e. The van der Waals surface area contributed by atoms with Crippen molar-refractivity contribution in [1.29, 1.82) is 0 Å². The molecule has 1 aromatic carbocycles. The third-order valence-electron chi connectivity index (χ3n) is 4.53. The van der Waals surface area contributed by atoms with Crippen LogP contribution in [-0.2, 0) is 0 Å². The number of rotatable bonds is 5. The molecule has 7 heteroatoms. The van der Waals surface area contributed by atoms with Crippen LogP contribution in [0.25, 0.3) is 0 Å². The molecule has 1 fully saturated rings. The average molecular weight is 356 g/mol. The van der Waals surface area contributed by atoms with Crippen molar-refractivity contribution in [2.24, 2.45) is 0 Å². The van der Waals surface area contributed by atoms with Crippen molar-refractivity contribution in [3.63, 3.8) is 0 Å². The molecule has 1 aliphatic heterocycles. The van der Waals surface area contributed by atoms with Gasteiger partial charge in [-0.15, -0.1) is 0 Å². The Kier molecular flexibility index (Phi) is 6.57. The third kappa shape index (κ3) is 4.24. The highest BCUT2D eigenvalue weighted by Gasteiger charge is 2.24. The lowest BCUT2D eigenvalue weighted by Gasteiger charge is -2.37. The molecule has 134 valence electrons. The monoisotopic (exact) mass is 355 g/mol. The lowest BCUT2D eigenvalue weighted by molar-refractivity contribution is 0.117. The molecule has 1 atom stereocenters. The van der Waals surface area contributed by atoms with Gasteiger partial charge in [-0.3, -0.25) is 4.90 Å². The summed E-state index contributed by atoms with van der Waals surface area (Å²) in [5, 5.41) is 3.34. The number of nitrogens with zero attached hydrogens (tertiary/aromatic N) is 2. The number of hydrogen-bond acceptors (Lipinski definition) is 4. The van der Waals surface area contributed by atoms with E-state index in [1.807, 2.05) is 4.90 Å². The number of amides is 2. The molecular weight excluding hydrogens is 330 g/mol. The Balaban J connectivity index is 2.03. The highest BCUT2D eigenvalue weighted by atomic mass is 35.5. The van der Waals surface area contributed by atoms with E-state index in [-0.39, 0.29) is 6.03 Å². The highest BCUT2D eigenvalue weighted by molar-refractivity contribution is 6.32. The molecule has 6 nitrogen and oxygen atoms in total. The van der Waals surface area contributed by atoms with Gasteiger partial charge < -0.3 is 19.7 Å². The van der Waals surface area contributed by atoms with Crippen molar-refractivity contribution in [2.75, 3.05) is 45.7 Å². The number of piperazine rings is 1. The van der Waals surface area contributed by atoms with Gasteiger partial charge in [0.05, 0.1) is 24.9 Å². The number of carbonyl (C=O) groups excluding carboxylic acids is 1. The number of halogens is 1. The molecule has 1 aliphatic rings. The van der Waals surface area contributed by atoms with Crippen molar-refractivity contribution in [2.45, 2.75) is 26.3 Å². The number of carbonyl (C=O) groups is 1. The number of urea groups is 1. The molecular formula is C17H26ClN3O3. The summed E-state index contributed by atoms with van der Waals surface area (Å²) < 4.78 is 10.5. The normalized spacial score (nSPS) is 16.6. The van der Waals surface area contributed by atoms with Gasteiger partial charge >= 0.3 is 6.03 Å². The van der Waals surface area contributed by atoms with Gasteiger partial charge in [0.15, 0.2) is 0 Å². The highest BCUT2D eigenvalue weighted by Crippen LogP contribution is 2.36. The Labute approximate surface area is 148 Å². The molecule has 1 heterocycles. The Morgan fingerprint density at radius 1 is 1.21 bits per heavy atom. The van der Waals surface area contributed by atoms with Gasteiger partial charge in [-0.05, 0) is 13.3 Å². The predicted molar refractivity (Wildman–Crippen MR) is 96.5 cm³/mol. The van der Waals surface area contributed by atoms with E-state index in [1.165, 1.54) is 7.11 Å². The van der Waals surface area contributed by atoms with Gasteiger partial charge in [0.1, 0.15) is 11.5 Å². The molecule has 0 aromatic heterocycles. The van der Waals surface area contributed by atoms with Crippen molar-refractivity contribution >= 4 is 23.3 Å². The molecule has 0 aliphatic carbocycles. The van der Waals surface area contributed by atoms with Crippen LogP contribution in [0.1, 0.15) is 20.3 Å². The van der Waals surface area contributed by atoms with Crippen LogP contribution in [0.2, 0.25) is 5.02 Å². The summed E-state index contributed by atoms with van der Waals surface area (Å²) in [6.45, 7) is 7.62. The summed E-state index contributed by atoms with van der Waals surface area (Å²) in [5.74, 6) is 1.00. The minimum atomic E-state index is -0.138. The zero-order chi connectivity index (χ0) is 17.7. The van der Waals surface area contributed by atoms with Gasteiger partial charge in [-0.25, -0.2) is 4.79 Å². The van der Waals surface area contributed by atoms with E-state index in [2.05, 4.69) is 24.1 Å². The first-order valence-corrected chi connectivity index (χ1v) is 8.59. The Morgan fingerprint density at radius 2 is 1.83 bits per heavy atom. The molecule has 0 radical (unpaired) electrons. The van der Waals surface area contributed by atoms with Crippen LogP contribution in [0, 0.1) is 0 Å². The summed E-state index contributed by atoms with van der Waals surface area (Å²) in [6.07, 6.45) is 1.12. The number of methoxy groups -OCH3 is 2. The van der Waals surface area contributed by atoms with Gasteiger partial charge in [-0.1, -0.05) is 18.5 Å².